The molecule has 0 aliphatic carbocycles. The predicted molar refractivity (Wildman–Crippen MR) is 248 cm³/mol. The normalized spacial score (nSPS) is 13.1. The lowest BCUT2D eigenvalue weighted by molar-refractivity contribution is -0.123. The van der Waals surface area contributed by atoms with Crippen LogP contribution in [0.5, 0.6) is 0 Å². The number of aliphatic hydroxyl groups excluding tert-OH is 2. The average molecular weight is 786 g/mol. The van der Waals surface area contributed by atoms with Gasteiger partial charge in [0, 0.05) is 6.42 Å². The molecule has 0 aliphatic rings. The van der Waals surface area contributed by atoms with E-state index in [1.807, 2.05) is 6.08 Å². The Hall–Kier alpha value is -1.39. The third-order valence-electron chi connectivity index (χ3n) is 11.6. The fourth-order valence-electron chi connectivity index (χ4n) is 7.72. The average Bonchev–Trinajstić information content (AvgIpc) is 3.20. The van der Waals surface area contributed by atoms with Crippen LogP contribution in [0.1, 0.15) is 271 Å². The van der Waals surface area contributed by atoms with Crippen molar-refractivity contribution in [3.63, 3.8) is 0 Å². The highest BCUT2D eigenvalue weighted by atomic mass is 16.3. The molecule has 330 valence electrons. The van der Waals surface area contributed by atoms with E-state index in [4.69, 9.17) is 0 Å². The molecule has 0 aliphatic heterocycles. The van der Waals surface area contributed by atoms with E-state index in [9.17, 15) is 15.0 Å². The number of unbranched alkanes of at least 4 members (excludes halogenated alkanes) is 35. The summed E-state index contributed by atoms with van der Waals surface area (Å²) in [5, 5.41) is 23.1. The van der Waals surface area contributed by atoms with Crippen LogP contribution in [-0.4, -0.2) is 34.9 Å². The molecule has 4 nitrogen and oxygen atoms in total. The topological polar surface area (TPSA) is 69.6 Å². The van der Waals surface area contributed by atoms with Crippen molar-refractivity contribution in [3.05, 3.63) is 36.5 Å². The number of amides is 1. The first-order valence-electron chi connectivity index (χ1n) is 25.2. The zero-order valence-corrected chi connectivity index (χ0v) is 37.9. The SMILES string of the molecule is CCCCCCCCCC/C=C\CCCCCCCCCCCCCCCCCC(=O)NC(CO)C(O)/C=C/CC/C=C/CCCCCCCCCCCCC. The number of carbonyl (C=O) groups is 1. The van der Waals surface area contributed by atoms with Crippen LogP contribution in [0.15, 0.2) is 36.5 Å². The van der Waals surface area contributed by atoms with Crippen LogP contribution >= 0.6 is 0 Å². The summed E-state index contributed by atoms with van der Waals surface area (Å²) in [5.41, 5.74) is 0. The molecule has 0 rings (SSSR count). The van der Waals surface area contributed by atoms with E-state index in [1.54, 1.807) is 6.08 Å². The molecule has 0 bridgehead atoms. The fourth-order valence-corrected chi connectivity index (χ4v) is 7.72. The number of aliphatic hydroxyl groups is 2. The van der Waals surface area contributed by atoms with E-state index in [-0.39, 0.29) is 12.5 Å². The Bertz CT molecular complexity index is 851. The van der Waals surface area contributed by atoms with Crippen LogP contribution < -0.4 is 5.32 Å². The van der Waals surface area contributed by atoms with Crippen LogP contribution in [0.25, 0.3) is 0 Å². The highest BCUT2D eigenvalue weighted by molar-refractivity contribution is 5.76. The molecule has 0 spiro atoms. The van der Waals surface area contributed by atoms with E-state index in [0.717, 1.165) is 32.1 Å². The first-order valence-corrected chi connectivity index (χ1v) is 25.2. The largest absolute Gasteiger partial charge is 0.394 e. The minimum absolute atomic E-state index is 0.0708. The molecule has 0 radical (unpaired) electrons. The van der Waals surface area contributed by atoms with Crippen LogP contribution in [0.2, 0.25) is 0 Å². The van der Waals surface area contributed by atoms with Gasteiger partial charge in [-0.1, -0.05) is 243 Å². The molecule has 4 heteroatoms. The molecule has 0 saturated heterocycles. The Balaban J connectivity index is 3.51. The molecular weight excluding hydrogens is 687 g/mol. The molecule has 56 heavy (non-hydrogen) atoms. The second-order valence-electron chi connectivity index (χ2n) is 17.2. The van der Waals surface area contributed by atoms with Crippen molar-refractivity contribution >= 4 is 5.91 Å². The summed E-state index contributed by atoms with van der Waals surface area (Å²) in [4.78, 5) is 12.4. The predicted octanol–water partition coefficient (Wildman–Crippen LogP) is 16.1. The van der Waals surface area contributed by atoms with Gasteiger partial charge in [0.15, 0.2) is 0 Å². The van der Waals surface area contributed by atoms with Crippen molar-refractivity contribution in [2.45, 2.75) is 283 Å². The third kappa shape index (κ3) is 43.7. The van der Waals surface area contributed by atoms with Crippen LogP contribution in [0.4, 0.5) is 0 Å². The lowest BCUT2D eigenvalue weighted by Gasteiger charge is -2.19. The number of hydrogen-bond acceptors (Lipinski definition) is 3. The van der Waals surface area contributed by atoms with Gasteiger partial charge in [-0.05, 0) is 57.8 Å². The van der Waals surface area contributed by atoms with Crippen molar-refractivity contribution in [2.24, 2.45) is 0 Å². The quantitative estimate of drug-likeness (QED) is 0.0425. The molecule has 2 atom stereocenters. The number of hydrogen-bond donors (Lipinski definition) is 3. The number of nitrogens with one attached hydrogen (secondary N) is 1. The molecule has 0 aromatic heterocycles. The van der Waals surface area contributed by atoms with Gasteiger partial charge in [-0.2, -0.15) is 0 Å². The minimum atomic E-state index is -0.860. The summed E-state index contributed by atoms with van der Waals surface area (Å²) in [6.45, 7) is 4.31. The van der Waals surface area contributed by atoms with Gasteiger partial charge in [0.25, 0.3) is 0 Å². The summed E-state index contributed by atoms with van der Waals surface area (Å²) in [7, 11) is 0. The lowest BCUT2D eigenvalue weighted by atomic mass is 10.0. The Morgan fingerprint density at radius 2 is 0.696 bits per heavy atom. The molecule has 2 unspecified atom stereocenters. The minimum Gasteiger partial charge on any atom is -0.394 e. The Kier molecular flexibility index (Phi) is 46.8. The number of allylic oxidation sites excluding steroid dienone is 5. The summed E-state index contributed by atoms with van der Waals surface area (Å²) < 4.78 is 0. The second kappa shape index (κ2) is 48.0. The van der Waals surface area contributed by atoms with E-state index in [0.29, 0.717) is 6.42 Å². The van der Waals surface area contributed by atoms with Gasteiger partial charge in [0.2, 0.25) is 5.91 Å². The Morgan fingerprint density at radius 3 is 1.04 bits per heavy atom. The Labute approximate surface area is 351 Å². The molecule has 0 heterocycles. The van der Waals surface area contributed by atoms with Gasteiger partial charge in [0.05, 0.1) is 18.8 Å². The van der Waals surface area contributed by atoms with Crippen molar-refractivity contribution in [3.8, 4) is 0 Å². The molecule has 0 saturated carbocycles. The van der Waals surface area contributed by atoms with Crippen molar-refractivity contribution < 1.29 is 15.0 Å². The molecule has 0 fully saturated rings. The van der Waals surface area contributed by atoms with Gasteiger partial charge in [-0.25, -0.2) is 0 Å². The summed E-state index contributed by atoms with van der Waals surface area (Å²) >= 11 is 0. The van der Waals surface area contributed by atoms with E-state index >= 15 is 0 Å². The van der Waals surface area contributed by atoms with Gasteiger partial charge in [-0.3, -0.25) is 4.79 Å². The van der Waals surface area contributed by atoms with E-state index in [2.05, 4.69) is 43.5 Å². The highest BCUT2D eigenvalue weighted by Gasteiger charge is 2.17. The maximum Gasteiger partial charge on any atom is 0.220 e. The zero-order valence-electron chi connectivity index (χ0n) is 37.9. The van der Waals surface area contributed by atoms with Gasteiger partial charge < -0.3 is 15.5 Å². The van der Waals surface area contributed by atoms with E-state index < -0.39 is 12.1 Å². The van der Waals surface area contributed by atoms with E-state index in [1.165, 1.54) is 218 Å². The zero-order chi connectivity index (χ0) is 40.7. The van der Waals surface area contributed by atoms with Crippen LogP contribution in [0, 0.1) is 0 Å². The van der Waals surface area contributed by atoms with Gasteiger partial charge >= 0.3 is 0 Å². The van der Waals surface area contributed by atoms with Gasteiger partial charge in [0.1, 0.15) is 0 Å². The molecular formula is C52H99NO3. The standard InChI is InChI=1S/C52H99NO3/c1-3-5-7-9-11-13-15-17-19-21-22-23-24-25-26-27-28-29-30-32-34-36-38-40-42-44-46-48-52(56)53-50(49-54)51(55)47-45-43-41-39-37-35-33-31-20-18-16-14-12-10-8-6-4-2/h21-22,37,39,45,47,50-51,54-55H,3-20,23-36,38,40-44,46,48-49H2,1-2H3,(H,53,56)/b22-21-,39-37+,47-45+. The Morgan fingerprint density at radius 1 is 0.411 bits per heavy atom. The van der Waals surface area contributed by atoms with Crippen molar-refractivity contribution in [1.29, 1.82) is 0 Å². The lowest BCUT2D eigenvalue weighted by Crippen LogP contribution is -2.45. The summed E-state index contributed by atoms with van der Waals surface area (Å²) in [5.74, 6) is -0.0708. The highest BCUT2D eigenvalue weighted by Crippen LogP contribution is 2.16. The third-order valence-corrected chi connectivity index (χ3v) is 11.6. The molecule has 1 amide bonds. The van der Waals surface area contributed by atoms with Crippen LogP contribution in [0.3, 0.4) is 0 Å². The smallest absolute Gasteiger partial charge is 0.220 e. The number of rotatable bonds is 46. The maximum absolute atomic E-state index is 12.4. The molecule has 0 aromatic rings. The van der Waals surface area contributed by atoms with Crippen molar-refractivity contribution in [2.75, 3.05) is 6.61 Å². The second-order valence-corrected chi connectivity index (χ2v) is 17.2. The van der Waals surface area contributed by atoms with Crippen LogP contribution in [-0.2, 0) is 4.79 Å². The summed E-state index contributed by atoms with van der Waals surface area (Å²) in [6.07, 6.45) is 64.3. The maximum atomic E-state index is 12.4. The van der Waals surface area contributed by atoms with Crippen molar-refractivity contribution in [1.82, 2.24) is 5.32 Å². The monoisotopic (exact) mass is 786 g/mol. The summed E-state index contributed by atoms with van der Waals surface area (Å²) in [6, 6.07) is -0.637. The molecule has 0 aromatic carbocycles. The fraction of sp³-hybridized carbons (Fsp3) is 0.865. The molecule has 3 N–H and O–H groups in total. The number of carbonyl (C=O) groups excluding carboxylic acids is 1. The first-order chi connectivity index (χ1) is 27.7. The van der Waals surface area contributed by atoms with Gasteiger partial charge in [-0.15, -0.1) is 0 Å². The first kappa shape index (κ1) is 54.6.